The molecule has 7 heteroatoms. The Hall–Kier alpha value is -2.15. The zero-order chi connectivity index (χ0) is 17.9. The summed E-state index contributed by atoms with van der Waals surface area (Å²) >= 11 is 0. The van der Waals surface area contributed by atoms with E-state index < -0.39 is 11.9 Å². The van der Waals surface area contributed by atoms with Gasteiger partial charge in [0.2, 0.25) is 0 Å². The van der Waals surface area contributed by atoms with Crippen LogP contribution in [0.4, 0.5) is 19.0 Å². The maximum absolute atomic E-state index is 12.6. The first-order valence-corrected chi connectivity index (χ1v) is 8.41. The van der Waals surface area contributed by atoms with E-state index >= 15 is 0 Å². The van der Waals surface area contributed by atoms with E-state index in [1.165, 1.54) is 11.6 Å². The summed E-state index contributed by atoms with van der Waals surface area (Å²) in [5.41, 5.74) is 0.315. The van der Waals surface area contributed by atoms with Crippen molar-refractivity contribution in [2.24, 2.45) is 0 Å². The summed E-state index contributed by atoms with van der Waals surface area (Å²) < 4.78 is 37.8. The highest BCUT2D eigenvalue weighted by Gasteiger charge is 2.33. The van der Waals surface area contributed by atoms with Crippen molar-refractivity contribution in [3.8, 4) is 0 Å². The molecule has 1 fully saturated rings. The van der Waals surface area contributed by atoms with Crippen LogP contribution in [0.2, 0.25) is 0 Å². The molecule has 1 aliphatic rings. The van der Waals surface area contributed by atoms with Crippen molar-refractivity contribution in [3.05, 3.63) is 53.7 Å². The van der Waals surface area contributed by atoms with E-state index in [4.69, 9.17) is 0 Å². The Labute approximate surface area is 145 Å². The van der Waals surface area contributed by atoms with Crippen LogP contribution < -0.4 is 4.90 Å². The predicted octanol–water partition coefficient (Wildman–Crippen LogP) is 3.60. The number of rotatable bonds is 4. The molecule has 25 heavy (non-hydrogen) atoms. The van der Waals surface area contributed by atoms with Crippen LogP contribution in [0.1, 0.15) is 24.6 Å². The van der Waals surface area contributed by atoms with Crippen LogP contribution in [0, 0.1) is 0 Å². The van der Waals surface area contributed by atoms with Crippen LogP contribution >= 0.6 is 0 Å². The second kappa shape index (κ2) is 7.39. The number of alkyl halides is 3. The van der Waals surface area contributed by atoms with Crippen molar-refractivity contribution < 1.29 is 13.2 Å². The molecule has 1 aromatic carbocycles. The first-order chi connectivity index (χ1) is 12.0. The summed E-state index contributed by atoms with van der Waals surface area (Å²) in [4.78, 5) is 4.44. The fourth-order valence-electron chi connectivity index (χ4n) is 3.16. The van der Waals surface area contributed by atoms with Gasteiger partial charge in [0.25, 0.3) is 0 Å². The van der Waals surface area contributed by atoms with Gasteiger partial charge in [0, 0.05) is 32.2 Å². The number of aromatic nitrogens is 2. The Bertz CT molecular complexity index is 673. The Morgan fingerprint density at radius 3 is 2.40 bits per heavy atom. The molecule has 0 radical (unpaired) electrons. The Morgan fingerprint density at radius 2 is 1.80 bits per heavy atom. The van der Waals surface area contributed by atoms with Crippen LogP contribution in [-0.4, -0.2) is 40.8 Å². The lowest BCUT2D eigenvalue weighted by atomic mass is 10.1. The largest absolute Gasteiger partial charge is 0.435 e. The maximum Gasteiger partial charge on any atom is 0.435 e. The zero-order valence-corrected chi connectivity index (χ0v) is 14.1. The van der Waals surface area contributed by atoms with Crippen molar-refractivity contribution >= 4 is 5.82 Å². The molecule has 0 amide bonds. The molecule has 1 unspecified atom stereocenters. The third kappa shape index (κ3) is 4.28. The van der Waals surface area contributed by atoms with Crippen LogP contribution in [0.3, 0.4) is 0 Å². The normalized spacial score (nSPS) is 19.2. The average molecular weight is 350 g/mol. The molecule has 0 spiro atoms. The minimum Gasteiger partial charge on any atom is -0.352 e. The lowest BCUT2D eigenvalue weighted by Gasteiger charge is -2.41. The van der Waals surface area contributed by atoms with Gasteiger partial charge in [-0.05, 0) is 24.1 Å². The van der Waals surface area contributed by atoms with E-state index in [-0.39, 0.29) is 0 Å². The molecule has 0 aliphatic carbocycles. The molecule has 4 nitrogen and oxygen atoms in total. The standard InChI is InChI=1S/C18H21F3N4/c1-2-15-13-25(17-9-8-16(22-23-17)18(19,20)21)11-10-24(15)12-14-6-4-3-5-7-14/h3-9,15H,2,10-13H2,1H3. The van der Waals surface area contributed by atoms with E-state index in [9.17, 15) is 13.2 Å². The van der Waals surface area contributed by atoms with Gasteiger partial charge in [-0.2, -0.15) is 13.2 Å². The summed E-state index contributed by atoms with van der Waals surface area (Å²) in [5, 5.41) is 7.12. The molecule has 1 atom stereocenters. The number of benzene rings is 1. The average Bonchev–Trinajstić information content (AvgIpc) is 2.62. The van der Waals surface area contributed by atoms with Crippen LogP contribution in [0.25, 0.3) is 0 Å². The fraction of sp³-hybridized carbons (Fsp3) is 0.444. The minimum absolute atomic E-state index is 0.332. The second-order valence-corrected chi connectivity index (χ2v) is 6.24. The molecule has 3 rings (SSSR count). The smallest absolute Gasteiger partial charge is 0.352 e. The monoisotopic (exact) mass is 350 g/mol. The van der Waals surface area contributed by atoms with Crippen molar-refractivity contribution in [2.45, 2.75) is 32.1 Å². The highest BCUT2D eigenvalue weighted by Crippen LogP contribution is 2.28. The van der Waals surface area contributed by atoms with Crippen molar-refractivity contribution in [3.63, 3.8) is 0 Å². The molecule has 1 aromatic heterocycles. The number of piperazine rings is 1. The molecule has 1 aliphatic heterocycles. The fourth-order valence-corrected chi connectivity index (χ4v) is 3.16. The van der Waals surface area contributed by atoms with Crippen molar-refractivity contribution in [1.82, 2.24) is 15.1 Å². The van der Waals surface area contributed by atoms with Gasteiger partial charge in [0.15, 0.2) is 11.5 Å². The topological polar surface area (TPSA) is 32.3 Å². The van der Waals surface area contributed by atoms with Gasteiger partial charge >= 0.3 is 6.18 Å². The molecule has 2 heterocycles. The molecular formula is C18H21F3N4. The molecule has 0 N–H and O–H groups in total. The van der Waals surface area contributed by atoms with Crippen molar-refractivity contribution in [1.29, 1.82) is 0 Å². The number of nitrogens with zero attached hydrogens (tertiary/aromatic N) is 4. The van der Waals surface area contributed by atoms with E-state index in [0.717, 1.165) is 38.7 Å². The van der Waals surface area contributed by atoms with Crippen molar-refractivity contribution in [2.75, 3.05) is 24.5 Å². The lowest BCUT2D eigenvalue weighted by Crippen LogP contribution is -2.52. The summed E-state index contributed by atoms with van der Waals surface area (Å²) in [5.74, 6) is 0.505. The Balaban J connectivity index is 1.67. The summed E-state index contributed by atoms with van der Waals surface area (Å²) in [6.07, 6.45) is -3.48. The van der Waals surface area contributed by atoms with Crippen LogP contribution in [-0.2, 0) is 12.7 Å². The lowest BCUT2D eigenvalue weighted by molar-refractivity contribution is -0.141. The molecule has 134 valence electrons. The number of halogens is 3. The van der Waals surface area contributed by atoms with E-state index in [1.807, 2.05) is 23.1 Å². The molecular weight excluding hydrogens is 329 g/mol. The number of anilines is 1. The van der Waals surface area contributed by atoms with E-state index in [1.54, 1.807) is 0 Å². The highest BCUT2D eigenvalue weighted by atomic mass is 19.4. The van der Waals surface area contributed by atoms with Crippen LogP contribution in [0.15, 0.2) is 42.5 Å². The zero-order valence-electron chi connectivity index (χ0n) is 14.1. The SMILES string of the molecule is CCC1CN(c2ccc(C(F)(F)F)nn2)CCN1Cc1ccccc1. The molecule has 0 saturated carbocycles. The van der Waals surface area contributed by atoms with Gasteiger partial charge in [-0.15, -0.1) is 10.2 Å². The summed E-state index contributed by atoms with van der Waals surface area (Å²) in [6, 6.07) is 13.0. The highest BCUT2D eigenvalue weighted by molar-refractivity contribution is 5.38. The van der Waals surface area contributed by atoms with E-state index in [2.05, 4.69) is 34.2 Å². The van der Waals surface area contributed by atoms with Gasteiger partial charge in [-0.1, -0.05) is 37.3 Å². The third-order valence-electron chi connectivity index (χ3n) is 4.57. The number of hydrogen-bond donors (Lipinski definition) is 0. The Morgan fingerprint density at radius 1 is 1.04 bits per heavy atom. The molecule has 1 saturated heterocycles. The summed E-state index contributed by atoms with van der Waals surface area (Å²) in [7, 11) is 0. The van der Waals surface area contributed by atoms with Gasteiger partial charge in [-0.25, -0.2) is 0 Å². The quantitative estimate of drug-likeness (QED) is 0.843. The van der Waals surface area contributed by atoms with Crippen LogP contribution in [0.5, 0.6) is 0 Å². The summed E-state index contributed by atoms with van der Waals surface area (Å²) in [6.45, 7) is 5.32. The Kier molecular flexibility index (Phi) is 5.22. The van der Waals surface area contributed by atoms with Gasteiger partial charge in [0.05, 0.1) is 0 Å². The van der Waals surface area contributed by atoms with Gasteiger partial charge < -0.3 is 4.90 Å². The third-order valence-corrected chi connectivity index (χ3v) is 4.57. The second-order valence-electron chi connectivity index (χ2n) is 6.24. The van der Waals surface area contributed by atoms with Gasteiger partial charge in [0.1, 0.15) is 0 Å². The first kappa shape index (κ1) is 17.7. The molecule has 2 aromatic rings. The minimum atomic E-state index is -4.45. The predicted molar refractivity (Wildman–Crippen MR) is 90.2 cm³/mol. The first-order valence-electron chi connectivity index (χ1n) is 8.41. The molecule has 0 bridgehead atoms. The van der Waals surface area contributed by atoms with E-state index in [0.29, 0.717) is 11.9 Å². The maximum atomic E-state index is 12.6. The number of hydrogen-bond acceptors (Lipinski definition) is 4. The van der Waals surface area contributed by atoms with Gasteiger partial charge in [-0.3, -0.25) is 4.90 Å².